The fourth-order valence-electron chi connectivity index (χ4n) is 4.38. The number of cyclic esters (lactones) is 1. The van der Waals surface area contributed by atoms with Gasteiger partial charge in [-0.25, -0.2) is 13.9 Å². The summed E-state index contributed by atoms with van der Waals surface area (Å²) in [6.07, 6.45) is 3.11. The van der Waals surface area contributed by atoms with Crippen LogP contribution in [0.3, 0.4) is 0 Å². The number of rotatable bonds is 5. The summed E-state index contributed by atoms with van der Waals surface area (Å²) in [5, 5.41) is 13.4. The second-order valence-electron chi connectivity index (χ2n) is 9.15. The van der Waals surface area contributed by atoms with Crippen molar-refractivity contribution in [2.24, 2.45) is 0 Å². The zero-order valence-electron chi connectivity index (χ0n) is 21.8. The molecule has 2 aromatic heterocycles. The minimum atomic E-state index is -0.687. The van der Waals surface area contributed by atoms with Crippen LogP contribution in [0.25, 0.3) is 16.8 Å². The summed E-state index contributed by atoms with van der Waals surface area (Å²) in [5.41, 5.74) is 3.06. The zero-order chi connectivity index (χ0) is 28.9. The maximum Gasteiger partial charge on any atom is 0.411 e. The number of carbonyl (C=O) groups excluding carboxylic acids is 3. The van der Waals surface area contributed by atoms with E-state index in [2.05, 4.69) is 25.9 Å². The molecule has 0 spiro atoms. The topological polar surface area (TPSA) is 137 Å². The average Bonchev–Trinajstić information content (AvgIpc) is 3.46. The molecule has 3 heterocycles. The second-order valence-corrected chi connectivity index (χ2v) is 9.56. The van der Waals surface area contributed by atoms with Crippen LogP contribution >= 0.6 is 11.6 Å². The van der Waals surface area contributed by atoms with Gasteiger partial charge in [0, 0.05) is 11.8 Å². The van der Waals surface area contributed by atoms with E-state index >= 15 is 0 Å². The molecule has 2 bridgehead atoms. The van der Waals surface area contributed by atoms with E-state index in [-0.39, 0.29) is 29.4 Å². The molecule has 41 heavy (non-hydrogen) atoms. The molecule has 1 atom stereocenters. The van der Waals surface area contributed by atoms with Gasteiger partial charge in [0.2, 0.25) is 0 Å². The van der Waals surface area contributed by atoms with Gasteiger partial charge in [-0.2, -0.15) is 0 Å². The Balaban J connectivity index is 1.43. The van der Waals surface area contributed by atoms with Crippen LogP contribution in [0, 0.1) is 5.82 Å². The number of methoxy groups -OCH3 is 1. The van der Waals surface area contributed by atoms with Crippen LogP contribution in [0.4, 0.5) is 14.9 Å². The van der Waals surface area contributed by atoms with E-state index in [0.717, 1.165) is 10.2 Å². The summed E-state index contributed by atoms with van der Waals surface area (Å²) in [6.45, 7) is 0.0826. The SMILES string of the molecule is COC(=O)Cc1ccc2c(c1)NC(=O)OCCC[C@H](NC(=O)c1cn(-c3cccc(Cl)c3F)nn1)c1cc-2ccn1. The highest BCUT2D eigenvalue weighted by atomic mass is 35.5. The van der Waals surface area contributed by atoms with Crippen LogP contribution in [0.2, 0.25) is 5.02 Å². The van der Waals surface area contributed by atoms with Gasteiger partial charge in [0.15, 0.2) is 11.5 Å². The van der Waals surface area contributed by atoms with E-state index in [1.54, 1.807) is 36.5 Å². The Morgan fingerprint density at radius 2 is 2.10 bits per heavy atom. The van der Waals surface area contributed by atoms with Crippen molar-refractivity contribution < 1.29 is 28.2 Å². The first-order chi connectivity index (χ1) is 19.8. The molecule has 1 aliphatic heterocycles. The van der Waals surface area contributed by atoms with Gasteiger partial charge < -0.3 is 14.8 Å². The molecule has 0 aliphatic carbocycles. The minimum absolute atomic E-state index is 0.0325. The van der Waals surface area contributed by atoms with Crippen molar-refractivity contribution in [2.75, 3.05) is 19.0 Å². The quantitative estimate of drug-likeness (QED) is 0.326. The second kappa shape index (κ2) is 12.1. The molecule has 4 aromatic rings. The lowest BCUT2D eigenvalue weighted by atomic mass is 9.98. The van der Waals surface area contributed by atoms with Gasteiger partial charge in [0.1, 0.15) is 5.69 Å². The van der Waals surface area contributed by atoms with Gasteiger partial charge in [-0.15, -0.1) is 5.10 Å². The summed E-state index contributed by atoms with van der Waals surface area (Å²) in [6, 6.07) is 12.7. The normalized spacial score (nSPS) is 14.9. The van der Waals surface area contributed by atoms with E-state index in [4.69, 9.17) is 21.1 Å². The smallest absolute Gasteiger partial charge is 0.411 e. The summed E-state index contributed by atoms with van der Waals surface area (Å²) in [4.78, 5) is 42.0. The third-order valence-corrected chi connectivity index (χ3v) is 6.72. The Labute approximate surface area is 238 Å². The third-order valence-electron chi connectivity index (χ3n) is 6.43. The number of amides is 2. The zero-order valence-corrected chi connectivity index (χ0v) is 22.5. The lowest BCUT2D eigenvalue weighted by Gasteiger charge is -2.20. The van der Waals surface area contributed by atoms with Crippen LogP contribution in [0.15, 0.2) is 60.9 Å². The monoisotopic (exact) mass is 578 g/mol. The van der Waals surface area contributed by atoms with Crippen molar-refractivity contribution in [3.8, 4) is 16.8 Å². The number of hydrogen-bond acceptors (Lipinski definition) is 8. The number of ether oxygens (including phenoxy) is 2. The lowest BCUT2D eigenvalue weighted by Crippen LogP contribution is -2.30. The third kappa shape index (κ3) is 6.33. The molecule has 0 saturated heterocycles. The fourth-order valence-corrected chi connectivity index (χ4v) is 4.55. The van der Waals surface area contributed by atoms with Gasteiger partial charge in [-0.3, -0.25) is 19.9 Å². The number of nitrogens with zero attached hydrogens (tertiary/aromatic N) is 4. The van der Waals surface area contributed by atoms with Gasteiger partial charge in [0.25, 0.3) is 5.91 Å². The molecule has 2 aromatic carbocycles. The first kappa shape index (κ1) is 27.7. The highest BCUT2D eigenvalue weighted by Gasteiger charge is 2.22. The molecule has 210 valence electrons. The van der Waals surface area contributed by atoms with Crippen LogP contribution in [-0.2, 0) is 20.7 Å². The van der Waals surface area contributed by atoms with Gasteiger partial charge in [-0.1, -0.05) is 35.0 Å². The maximum absolute atomic E-state index is 14.4. The molecule has 0 saturated carbocycles. The van der Waals surface area contributed by atoms with Crippen molar-refractivity contribution >= 4 is 35.3 Å². The van der Waals surface area contributed by atoms with Crippen molar-refractivity contribution in [1.82, 2.24) is 25.3 Å². The number of nitrogens with one attached hydrogen (secondary N) is 2. The molecule has 1 aliphatic rings. The van der Waals surface area contributed by atoms with Crippen LogP contribution in [-0.4, -0.2) is 51.7 Å². The Kier molecular flexibility index (Phi) is 8.20. The number of carbonyl (C=O) groups is 3. The molecular formula is C28H24ClFN6O5. The van der Waals surface area contributed by atoms with E-state index < -0.39 is 29.8 Å². The Bertz CT molecular complexity index is 1630. The molecular weight excluding hydrogens is 555 g/mol. The average molecular weight is 579 g/mol. The Morgan fingerprint density at radius 3 is 2.93 bits per heavy atom. The highest BCUT2D eigenvalue weighted by Crippen LogP contribution is 2.32. The van der Waals surface area contributed by atoms with E-state index in [9.17, 15) is 18.8 Å². The summed E-state index contributed by atoms with van der Waals surface area (Å²) >= 11 is 5.87. The van der Waals surface area contributed by atoms with Crippen molar-refractivity contribution in [3.05, 3.63) is 88.7 Å². The molecule has 2 N–H and O–H groups in total. The number of benzene rings is 2. The first-order valence-corrected chi connectivity index (χ1v) is 13.0. The molecule has 0 fully saturated rings. The maximum atomic E-state index is 14.4. The van der Waals surface area contributed by atoms with Crippen molar-refractivity contribution in [2.45, 2.75) is 25.3 Å². The van der Waals surface area contributed by atoms with Gasteiger partial charge in [-0.05, 0) is 54.3 Å². The minimum Gasteiger partial charge on any atom is -0.469 e. The fraction of sp³-hybridized carbons (Fsp3) is 0.214. The van der Waals surface area contributed by atoms with Gasteiger partial charge in [0.05, 0.1) is 48.8 Å². The predicted molar refractivity (Wildman–Crippen MR) is 146 cm³/mol. The highest BCUT2D eigenvalue weighted by molar-refractivity contribution is 6.30. The van der Waals surface area contributed by atoms with Crippen molar-refractivity contribution in [1.29, 1.82) is 0 Å². The molecule has 5 rings (SSSR count). The van der Waals surface area contributed by atoms with Crippen molar-refractivity contribution in [3.63, 3.8) is 0 Å². The Morgan fingerprint density at radius 1 is 1.24 bits per heavy atom. The van der Waals surface area contributed by atoms with Crippen LogP contribution in [0.5, 0.6) is 0 Å². The first-order valence-electron chi connectivity index (χ1n) is 12.6. The number of halogens is 2. The molecule has 0 unspecified atom stereocenters. The number of pyridine rings is 1. The van der Waals surface area contributed by atoms with E-state index in [1.165, 1.54) is 25.4 Å². The van der Waals surface area contributed by atoms with E-state index in [0.29, 0.717) is 35.3 Å². The number of aromatic nitrogens is 4. The molecule has 11 nitrogen and oxygen atoms in total. The molecule has 0 radical (unpaired) electrons. The summed E-state index contributed by atoms with van der Waals surface area (Å²) < 4.78 is 25.7. The predicted octanol–water partition coefficient (Wildman–Crippen LogP) is 4.65. The molecule has 13 heteroatoms. The summed E-state index contributed by atoms with van der Waals surface area (Å²) in [5.74, 6) is -1.65. The number of fused-ring (bicyclic) bond motifs is 4. The number of hydrogen-bond donors (Lipinski definition) is 2. The van der Waals surface area contributed by atoms with E-state index in [1.807, 2.05) is 6.07 Å². The number of anilines is 1. The van der Waals surface area contributed by atoms with Crippen LogP contribution in [0.1, 0.15) is 40.6 Å². The van der Waals surface area contributed by atoms with Crippen LogP contribution < -0.4 is 10.6 Å². The lowest BCUT2D eigenvalue weighted by molar-refractivity contribution is -0.139. The summed E-state index contributed by atoms with van der Waals surface area (Å²) in [7, 11) is 1.31. The Hall–Kier alpha value is -4.84. The number of esters is 1. The standard InChI is InChI=1S/C28H24ClFN6O5/c1-40-25(37)13-16-7-8-18-17-9-10-31-22(14-17)20(5-3-11-41-28(39)33-21(18)12-16)32-27(38)23-15-36(35-34-23)24-6-2-4-19(29)26(24)30/h2,4,6-10,12,14-15,20H,3,5,11,13H2,1H3,(H,32,38)(H,33,39)/t20-/m0/s1. The molecule has 2 amide bonds. The largest absolute Gasteiger partial charge is 0.469 e. The van der Waals surface area contributed by atoms with Gasteiger partial charge >= 0.3 is 12.1 Å².